The van der Waals surface area contributed by atoms with Gasteiger partial charge in [0.1, 0.15) is 5.58 Å². The van der Waals surface area contributed by atoms with Gasteiger partial charge < -0.3 is 10.2 Å². The van der Waals surface area contributed by atoms with Crippen LogP contribution in [0.25, 0.3) is 21.9 Å². The Balaban J connectivity index is 0.000001000. The first-order valence-electron chi connectivity index (χ1n) is 6.32. The molecule has 0 aliphatic carbocycles. The van der Waals surface area contributed by atoms with Crippen molar-refractivity contribution in [2.24, 2.45) is 5.73 Å². The van der Waals surface area contributed by atoms with Gasteiger partial charge in [0.05, 0.1) is 24.0 Å². The highest BCUT2D eigenvalue weighted by Gasteiger charge is 2.14. The van der Waals surface area contributed by atoms with Gasteiger partial charge in [-0.15, -0.1) is 24.8 Å². The van der Waals surface area contributed by atoms with Crippen LogP contribution in [0.4, 0.5) is 0 Å². The highest BCUT2D eigenvalue weighted by atomic mass is 35.5. The summed E-state index contributed by atoms with van der Waals surface area (Å²) >= 11 is 0. The van der Waals surface area contributed by atoms with E-state index in [0.717, 1.165) is 35.1 Å². The summed E-state index contributed by atoms with van der Waals surface area (Å²) in [6.45, 7) is 4.84. The van der Waals surface area contributed by atoms with Crippen LogP contribution in [0.5, 0.6) is 0 Å². The minimum absolute atomic E-state index is 0. The van der Waals surface area contributed by atoms with Gasteiger partial charge in [-0.25, -0.2) is 0 Å². The number of nitrogens with two attached hydrogens (primary N) is 1. The van der Waals surface area contributed by atoms with E-state index in [9.17, 15) is 0 Å². The summed E-state index contributed by atoms with van der Waals surface area (Å²) in [4.78, 5) is 0. The maximum absolute atomic E-state index is 5.90. The molecule has 2 heterocycles. The number of aromatic nitrogens is 2. The first-order valence-corrected chi connectivity index (χ1v) is 6.32. The lowest BCUT2D eigenvalue weighted by Gasteiger charge is -2.06. The maximum Gasteiger partial charge on any atom is 0.136 e. The summed E-state index contributed by atoms with van der Waals surface area (Å²) in [5, 5.41) is 6.99. The molecule has 0 bridgehead atoms. The van der Waals surface area contributed by atoms with Crippen molar-refractivity contribution in [3.63, 3.8) is 0 Å². The van der Waals surface area contributed by atoms with Gasteiger partial charge in [-0.1, -0.05) is 6.92 Å². The van der Waals surface area contributed by atoms with Crippen LogP contribution in [0.15, 0.2) is 28.9 Å². The molecule has 4 nitrogen and oxygen atoms in total. The topological polar surface area (TPSA) is 57.0 Å². The number of aryl methyl sites for hydroxylation is 1. The fourth-order valence-corrected chi connectivity index (χ4v) is 2.46. The fourth-order valence-electron chi connectivity index (χ4n) is 2.46. The minimum atomic E-state index is 0. The van der Waals surface area contributed by atoms with Gasteiger partial charge in [-0.05, 0) is 31.5 Å². The Morgan fingerprint density at radius 2 is 2.00 bits per heavy atom. The van der Waals surface area contributed by atoms with Crippen molar-refractivity contribution >= 4 is 46.7 Å². The van der Waals surface area contributed by atoms with Gasteiger partial charge in [-0.3, -0.25) is 4.68 Å². The van der Waals surface area contributed by atoms with Crippen LogP contribution in [0.2, 0.25) is 0 Å². The Hall–Kier alpha value is -1.23. The number of rotatable bonds is 3. The number of nitrogens with zero attached hydrogens (tertiary/aromatic N) is 2. The molecule has 1 aromatic carbocycles. The summed E-state index contributed by atoms with van der Waals surface area (Å²) in [7, 11) is 0. The van der Waals surface area contributed by atoms with E-state index in [2.05, 4.69) is 18.1 Å². The molecule has 0 aliphatic rings. The Labute approximate surface area is 130 Å². The van der Waals surface area contributed by atoms with Crippen LogP contribution in [-0.4, -0.2) is 15.8 Å². The Morgan fingerprint density at radius 3 is 2.65 bits per heavy atom. The fraction of sp³-hybridized carbons (Fsp3) is 0.357. The van der Waals surface area contributed by atoms with Crippen LogP contribution in [0.1, 0.15) is 19.5 Å². The van der Waals surface area contributed by atoms with Gasteiger partial charge in [-0.2, -0.15) is 5.10 Å². The van der Waals surface area contributed by atoms with Crippen molar-refractivity contribution in [3.05, 3.63) is 30.2 Å². The molecule has 0 saturated heterocycles. The van der Waals surface area contributed by atoms with E-state index in [1.807, 2.05) is 23.7 Å². The smallest absolute Gasteiger partial charge is 0.136 e. The van der Waals surface area contributed by atoms with E-state index >= 15 is 0 Å². The molecule has 3 rings (SSSR count). The summed E-state index contributed by atoms with van der Waals surface area (Å²) in [6, 6.07) is 6.18. The zero-order valence-corrected chi connectivity index (χ0v) is 13.1. The minimum Gasteiger partial charge on any atom is -0.464 e. The number of benzene rings is 1. The molecule has 110 valence electrons. The Kier molecular flexibility index (Phi) is 5.45. The van der Waals surface area contributed by atoms with Crippen molar-refractivity contribution in [1.29, 1.82) is 0 Å². The Bertz CT molecular complexity index is 703. The number of hydrogen-bond donors (Lipinski definition) is 1. The first-order chi connectivity index (χ1) is 8.70. The lowest BCUT2D eigenvalue weighted by atomic mass is 10.1. The van der Waals surface area contributed by atoms with Crippen LogP contribution >= 0.6 is 24.8 Å². The molecule has 6 heteroatoms. The largest absolute Gasteiger partial charge is 0.464 e. The van der Waals surface area contributed by atoms with Gasteiger partial charge in [0.2, 0.25) is 0 Å². The Morgan fingerprint density at radius 1 is 1.25 bits per heavy atom. The molecule has 0 saturated carbocycles. The van der Waals surface area contributed by atoms with Gasteiger partial charge in [0.15, 0.2) is 0 Å². The molecule has 0 amide bonds. The summed E-state index contributed by atoms with van der Waals surface area (Å²) in [5.74, 6) is 0. The second-order valence-electron chi connectivity index (χ2n) is 4.75. The number of halogens is 2. The molecule has 2 N–H and O–H groups in total. The van der Waals surface area contributed by atoms with Crippen LogP contribution in [0.3, 0.4) is 0 Å². The lowest BCUT2D eigenvalue weighted by Crippen LogP contribution is -2.22. The predicted octanol–water partition coefficient (Wildman–Crippen LogP) is 3.54. The molecule has 2 aromatic heterocycles. The summed E-state index contributed by atoms with van der Waals surface area (Å²) < 4.78 is 7.47. The van der Waals surface area contributed by atoms with E-state index in [0.29, 0.717) is 0 Å². The third-order valence-corrected chi connectivity index (χ3v) is 3.21. The molecule has 0 spiro atoms. The number of fused-ring (bicyclic) bond motifs is 3. The van der Waals surface area contributed by atoms with Gasteiger partial charge >= 0.3 is 0 Å². The average Bonchev–Trinajstić information content (AvgIpc) is 2.91. The monoisotopic (exact) mass is 315 g/mol. The number of hydrogen-bond acceptors (Lipinski definition) is 3. The molecule has 0 unspecified atom stereocenters. The molecular formula is C14H19Cl2N3O. The second-order valence-corrected chi connectivity index (χ2v) is 4.75. The van der Waals surface area contributed by atoms with Crippen molar-refractivity contribution in [3.8, 4) is 0 Å². The van der Waals surface area contributed by atoms with Gasteiger partial charge in [0.25, 0.3) is 0 Å². The normalized spacial score (nSPS) is 12.2. The number of furan rings is 1. The van der Waals surface area contributed by atoms with Crippen LogP contribution < -0.4 is 5.73 Å². The zero-order chi connectivity index (χ0) is 12.7. The average molecular weight is 316 g/mol. The SMILES string of the molecule is CCc1nn(C[C@H](C)N)c2c1ccc1occc12.Cl.Cl. The van der Waals surface area contributed by atoms with E-state index in [1.54, 1.807) is 6.26 Å². The third-order valence-electron chi connectivity index (χ3n) is 3.21. The molecule has 3 aromatic rings. The van der Waals surface area contributed by atoms with Crippen molar-refractivity contribution < 1.29 is 4.42 Å². The molecule has 0 aliphatic heterocycles. The molecule has 20 heavy (non-hydrogen) atoms. The van der Waals surface area contributed by atoms with E-state index in [-0.39, 0.29) is 30.9 Å². The maximum atomic E-state index is 5.90. The summed E-state index contributed by atoms with van der Waals surface area (Å²) in [6.07, 6.45) is 2.64. The van der Waals surface area contributed by atoms with E-state index in [4.69, 9.17) is 10.2 Å². The van der Waals surface area contributed by atoms with Crippen molar-refractivity contribution in [2.45, 2.75) is 32.9 Å². The predicted molar refractivity (Wildman–Crippen MR) is 87.0 cm³/mol. The second kappa shape index (κ2) is 6.48. The summed E-state index contributed by atoms with van der Waals surface area (Å²) in [5.41, 5.74) is 9.05. The van der Waals surface area contributed by atoms with Crippen molar-refractivity contribution in [2.75, 3.05) is 0 Å². The molecular weight excluding hydrogens is 297 g/mol. The quantitative estimate of drug-likeness (QED) is 0.804. The first kappa shape index (κ1) is 16.8. The van der Waals surface area contributed by atoms with Crippen molar-refractivity contribution in [1.82, 2.24) is 9.78 Å². The lowest BCUT2D eigenvalue weighted by molar-refractivity contribution is 0.549. The van der Waals surface area contributed by atoms with Crippen LogP contribution in [-0.2, 0) is 13.0 Å². The van der Waals surface area contributed by atoms with Crippen LogP contribution in [0, 0.1) is 0 Å². The molecule has 1 atom stereocenters. The highest BCUT2D eigenvalue weighted by molar-refractivity contribution is 6.04. The zero-order valence-electron chi connectivity index (χ0n) is 11.5. The van der Waals surface area contributed by atoms with Gasteiger partial charge in [0, 0.05) is 16.8 Å². The third kappa shape index (κ3) is 2.64. The van der Waals surface area contributed by atoms with E-state index in [1.165, 1.54) is 5.39 Å². The molecule has 0 fully saturated rings. The molecule has 0 radical (unpaired) electrons. The van der Waals surface area contributed by atoms with E-state index < -0.39 is 0 Å². The highest BCUT2D eigenvalue weighted by Crippen LogP contribution is 2.28. The standard InChI is InChI=1S/C14H17N3O.2ClH/c1-3-12-10-4-5-13-11(6-7-18-13)14(10)17(16-12)8-9(2)15;;/h4-7,9H,3,8,15H2,1-2H3;2*1H/t9-;;/m0../s1.